The molecule has 1 aromatic heterocycles. The first-order valence-corrected chi connectivity index (χ1v) is 9.84. The molecule has 0 bridgehead atoms. The average Bonchev–Trinajstić information content (AvgIpc) is 2.64. The molecule has 0 fully saturated rings. The van der Waals surface area contributed by atoms with Crippen molar-refractivity contribution < 1.29 is 9.90 Å². The van der Waals surface area contributed by atoms with E-state index in [-0.39, 0.29) is 5.56 Å². The summed E-state index contributed by atoms with van der Waals surface area (Å²) in [7, 11) is 1.65. The SMILES string of the molecule is Cn1c(C(NC(=O)O)C(C)(C)C)c(-c2ccccc2)c2cc(Cl)c(Cl)cc2c1=O. The third-order valence-corrected chi connectivity index (χ3v) is 5.67. The largest absolute Gasteiger partial charge is 0.465 e. The fourth-order valence-electron chi connectivity index (χ4n) is 3.59. The Bertz CT molecular complexity index is 1150. The van der Waals surface area contributed by atoms with Crippen LogP contribution in [0.2, 0.25) is 10.0 Å². The molecule has 0 aliphatic rings. The molecule has 5 nitrogen and oxygen atoms in total. The lowest BCUT2D eigenvalue weighted by Crippen LogP contribution is -2.39. The number of carbonyl (C=O) groups is 1. The highest BCUT2D eigenvalue weighted by molar-refractivity contribution is 6.43. The molecule has 0 radical (unpaired) electrons. The van der Waals surface area contributed by atoms with E-state index in [1.54, 1.807) is 19.2 Å². The normalized spacial score (nSPS) is 12.8. The van der Waals surface area contributed by atoms with Crippen molar-refractivity contribution in [3.63, 3.8) is 0 Å². The second kappa shape index (κ2) is 7.73. The molecule has 1 unspecified atom stereocenters. The van der Waals surface area contributed by atoms with Gasteiger partial charge in [0.05, 0.1) is 21.8 Å². The molecule has 2 aromatic carbocycles. The molecular formula is C22H22Cl2N2O3. The van der Waals surface area contributed by atoms with Crippen molar-refractivity contribution in [2.45, 2.75) is 26.8 Å². The van der Waals surface area contributed by atoms with Crippen LogP contribution in [0.25, 0.3) is 21.9 Å². The second-order valence-corrected chi connectivity index (χ2v) is 8.87. The molecule has 7 heteroatoms. The van der Waals surface area contributed by atoms with Crippen molar-refractivity contribution in [3.8, 4) is 11.1 Å². The van der Waals surface area contributed by atoms with Crippen molar-refractivity contribution in [1.82, 2.24) is 9.88 Å². The molecule has 1 amide bonds. The van der Waals surface area contributed by atoms with Crippen LogP contribution in [-0.2, 0) is 7.05 Å². The summed E-state index contributed by atoms with van der Waals surface area (Å²) < 4.78 is 1.50. The minimum Gasteiger partial charge on any atom is -0.465 e. The maximum absolute atomic E-state index is 13.2. The summed E-state index contributed by atoms with van der Waals surface area (Å²) in [5.74, 6) is 0. The second-order valence-electron chi connectivity index (χ2n) is 8.05. The lowest BCUT2D eigenvalue weighted by atomic mass is 9.81. The molecular weight excluding hydrogens is 411 g/mol. The van der Waals surface area contributed by atoms with Gasteiger partial charge in [0, 0.05) is 18.0 Å². The molecule has 0 saturated heterocycles. The third kappa shape index (κ3) is 3.98. The van der Waals surface area contributed by atoms with Crippen molar-refractivity contribution in [2.75, 3.05) is 0 Å². The molecule has 0 saturated carbocycles. The maximum Gasteiger partial charge on any atom is 0.405 e. The zero-order valence-electron chi connectivity index (χ0n) is 16.6. The van der Waals surface area contributed by atoms with Gasteiger partial charge in [0.25, 0.3) is 5.56 Å². The number of nitrogens with zero attached hydrogens (tertiary/aromatic N) is 1. The van der Waals surface area contributed by atoms with Gasteiger partial charge in [-0.3, -0.25) is 4.79 Å². The Morgan fingerprint density at radius 1 is 1.07 bits per heavy atom. The van der Waals surface area contributed by atoms with Crippen LogP contribution in [0.3, 0.4) is 0 Å². The molecule has 0 aliphatic heterocycles. The van der Waals surface area contributed by atoms with Gasteiger partial charge in [0.1, 0.15) is 0 Å². The molecule has 152 valence electrons. The van der Waals surface area contributed by atoms with Crippen LogP contribution in [0.5, 0.6) is 0 Å². The topological polar surface area (TPSA) is 71.3 Å². The number of amides is 1. The summed E-state index contributed by atoms with van der Waals surface area (Å²) >= 11 is 12.5. The standard InChI is InChI=1S/C22H22Cl2N2O3/c1-22(2,3)19(25-21(28)29)18-17(12-8-6-5-7-9-12)13-10-15(23)16(24)11-14(13)20(27)26(18)4/h5-11,19,25H,1-4H3,(H,28,29). The minimum atomic E-state index is -1.16. The highest BCUT2D eigenvalue weighted by Gasteiger charge is 2.33. The summed E-state index contributed by atoms with van der Waals surface area (Å²) in [5, 5.41) is 13.8. The Morgan fingerprint density at radius 3 is 2.14 bits per heavy atom. The average molecular weight is 433 g/mol. The van der Waals surface area contributed by atoms with E-state index < -0.39 is 17.6 Å². The first-order chi connectivity index (χ1) is 13.5. The molecule has 0 aliphatic carbocycles. The van der Waals surface area contributed by atoms with Crippen molar-refractivity contribution in [3.05, 3.63) is 68.6 Å². The monoisotopic (exact) mass is 432 g/mol. The van der Waals surface area contributed by atoms with E-state index in [0.717, 1.165) is 11.1 Å². The van der Waals surface area contributed by atoms with Crippen LogP contribution >= 0.6 is 23.2 Å². The molecule has 3 aromatic rings. The summed E-state index contributed by atoms with van der Waals surface area (Å²) in [6.07, 6.45) is -1.16. The lowest BCUT2D eigenvalue weighted by molar-refractivity contribution is 0.173. The van der Waals surface area contributed by atoms with Gasteiger partial charge in [-0.05, 0) is 28.5 Å². The van der Waals surface area contributed by atoms with Crippen LogP contribution in [0, 0.1) is 5.41 Å². The summed E-state index contributed by atoms with van der Waals surface area (Å²) in [6, 6.07) is 12.1. The van der Waals surface area contributed by atoms with E-state index in [0.29, 0.717) is 26.5 Å². The lowest BCUT2D eigenvalue weighted by Gasteiger charge is -2.34. The van der Waals surface area contributed by atoms with Crippen LogP contribution in [-0.4, -0.2) is 15.8 Å². The molecule has 3 rings (SSSR count). The predicted molar refractivity (Wildman–Crippen MR) is 118 cm³/mol. The minimum absolute atomic E-state index is 0.269. The van der Waals surface area contributed by atoms with Gasteiger partial charge in [0.15, 0.2) is 0 Å². The number of halogens is 2. The van der Waals surface area contributed by atoms with Gasteiger partial charge in [-0.1, -0.05) is 74.3 Å². The van der Waals surface area contributed by atoms with Gasteiger partial charge < -0.3 is 15.0 Å². The van der Waals surface area contributed by atoms with Gasteiger partial charge >= 0.3 is 6.09 Å². The Balaban J connectivity index is 2.55. The fraction of sp³-hybridized carbons (Fsp3) is 0.273. The van der Waals surface area contributed by atoms with Gasteiger partial charge in [-0.25, -0.2) is 4.79 Å². The summed E-state index contributed by atoms with van der Waals surface area (Å²) in [6.45, 7) is 5.77. The molecule has 29 heavy (non-hydrogen) atoms. The Morgan fingerprint density at radius 2 is 1.62 bits per heavy atom. The molecule has 1 heterocycles. The zero-order valence-corrected chi connectivity index (χ0v) is 18.1. The van der Waals surface area contributed by atoms with E-state index in [4.69, 9.17) is 23.2 Å². The van der Waals surface area contributed by atoms with E-state index in [1.807, 2.05) is 51.1 Å². The molecule has 2 N–H and O–H groups in total. The zero-order chi connectivity index (χ0) is 21.5. The summed E-state index contributed by atoms with van der Waals surface area (Å²) in [4.78, 5) is 24.8. The van der Waals surface area contributed by atoms with Gasteiger partial charge in [-0.2, -0.15) is 0 Å². The quantitative estimate of drug-likeness (QED) is 0.543. The summed E-state index contributed by atoms with van der Waals surface area (Å²) in [5.41, 5.74) is 1.39. The fourth-order valence-corrected chi connectivity index (χ4v) is 3.92. The Labute approximate surface area is 178 Å². The third-order valence-electron chi connectivity index (χ3n) is 4.95. The van der Waals surface area contributed by atoms with Crippen molar-refractivity contribution in [2.24, 2.45) is 12.5 Å². The molecule has 0 spiro atoms. The van der Waals surface area contributed by atoms with Gasteiger partial charge in [-0.15, -0.1) is 0 Å². The van der Waals surface area contributed by atoms with E-state index in [2.05, 4.69) is 5.32 Å². The van der Waals surface area contributed by atoms with Crippen LogP contribution in [0.4, 0.5) is 4.79 Å². The van der Waals surface area contributed by atoms with E-state index >= 15 is 0 Å². The number of hydrogen-bond acceptors (Lipinski definition) is 2. The van der Waals surface area contributed by atoms with Crippen LogP contribution in [0.15, 0.2) is 47.3 Å². The number of benzene rings is 2. The van der Waals surface area contributed by atoms with Crippen LogP contribution in [0.1, 0.15) is 32.5 Å². The predicted octanol–water partition coefficient (Wildman–Crippen LogP) is 5.87. The number of pyridine rings is 1. The number of rotatable bonds is 3. The van der Waals surface area contributed by atoms with Crippen LogP contribution < -0.4 is 10.9 Å². The number of nitrogens with one attached hydrogen (secondary N) is 1. The highest BCUT2D eigenvalue weighted by Crippen LogP contribution is 2.41. The Hall–Kier alpha value is -2.50. The Kier molecular flexibility index (Phi) is 5.65. The number of aromatic nitrogens is 1. The first-order valence-electron chi connectivity index (χ1n) is 9.09. The highest BCUT2D eigenvalue weighted by atomic mass is 35.5. The van der Waals surface area contributed by atoms with Crippen molar-refractivity contribution in [1.29, 1.82) is 0 Å². The number of carboxylic acid groups (broad SMARTS) is 1. The smallest absolute Gasteiger partial charge is 0.405 e. The first kappa shape index (κ1) is 21.2. The number of fused-ring (bicyclic) bond motifs is 1. The van der Waals surface area contributed by atoms with Crippen molar-refractivity contribution >= 4 is 40.1 Å². The van der Waals surface area contributed by atoms with Gasteiger partial charge in [0.2, 0.25) is 0 Å². The van der Waals surface area contributed by atoms with E-state index in [9.17, 15) is 14.7 Å². The number of hydrogen-bond donors (Lipinski definition) is 2. The van der Waals surface area contributed by atoms with E-state index in [1.165, 1.54) is 4.57 Å². The maximum atomic E-state index is 13.2. The molecule has 1 atom stereocenters.